The normalized spacial score (nSPS) is 13.9. The predicted molar refractivity (Wildman–Crippen MR) is 61.8 cm³/mol. The second kappa shape index (κ2) is 4.65. The van der Waals surface area contributed by atoms with Crippen LogP contribution in [0.2, 0.25) is 0 Å². The summed E-state index contributed by atoms with van der Waals surface area (Å²) in [6.07, 6.45) is 0.00972. The number of ether oxygens (including phenoxy) is 1. The Balaban J connectivity index is 2.05. The maximum absolute atomic E-state index is 11.7. The smallest absolute Gasteiger partial charge is 0.272 e. The molecule has 6 heteroatoms. The first-order chi connectivity index (χ1) is 8.19. The number of nitrogens with zero attached hydrogens (tertiary/aromatic N) is 1. The van der Waals surface area contributed by atoms with Crippen LogP contribution < -0.4 is 15.5 Å². The molecule has 88 valence electrons. The Morgan fingerprint density at radius 3 is 3.00 bits per heavy atom. The number of benzene rings is 1. The van der Waals surface area contributed by atoms with Crippen molar-refractivity contribution < 1.29 is 14.3 Å². The molecule has 0 atom stereocenters. The Hall–Kier alpha value is -2.37. The number of hydrogen-bond acceptors (Lipinski definition) is 4. The Labute approximate surface area is 97.7 Å². The summed E-state index contributed by atoms with van der Waals surface area (Å²) in [6, 6.07) is 6.94. The van der Waals surface area contributed by atoms with Crippen LogP contribution in [-0.4, -0.2) is 24.6 Å². The van der Waals surface area contributed by atoms with Crippen LogP contribution in [0, 0.1) is 0 Å². The number of anilines is 1. The van der Waals surface area contributed by atoms with E-state index in [1.807, 2.05) is 0 Å². The summed E-state index contributed by atoms with van der Waals surface area (Å²) in [4.78, 5) is 22.6. The van der Waals surface area contributed by atoms with Gasteiger partial charge in [-0.25, -0.2) is 5.43 Å². The van der Waals surface area contributed by atoms with Gasteiger partial charge in [-0.05, 0) is 12.1 Å². The fourth-order valence-electron chi connectivity index (χ4n) is 1.40. The van der Waals surface area contributed by atoms with Crippen molar-refractivity contribution in [3.05, 3.63) is 24.3 Å². The number of carbonyl (C=O) groups excluding carboxylic acids is 2. The van der Waals surface area contributed by atoms with Crippen molar-refractivity contribution in [1.29, 1.82) is 0 Å². The van der Waals surface area contributed by atoms with E-state index in [4.69, 9.17) is 4.74 Å². The van der Waals surface area contributed by atoms with E-state index in [2.05, 4.69) is 15.8 Å². The third-order valence-corrected chi connectivity index (χ3v) is 2.23. The first-order valence-electron chi connectivity index (χ1n) is 5.00. The van der Waals surface area contributed by atoms with Gasteiger partial charge in [-0.3, -0.25) is 9.59 Å². The fourth-order valence-corrected chi connectivity index (χ4v) is 1.40. The Bertz CT molecular complexity index is 496. The molecule has 1 aromatic carbocycles. The van der Waals surface area contributed by atoms with Gasteiger partial charge in [0.2, 0.25) is 5.91 Å². The van der Waals surface area contributed by atoms with E-state index in [9.17, 15) is 9.59 Å². The van der Waals surface area contributed by atoms with Gasteiger partial charge in [-0.15, -0.1) is 0 Å². The first-order valence-corrected chi connectivity index (χ1v) is 5.00. The summed E-state index contributed by atoms with van der Waals surface area (Å²) in [5.41, 5.74) is 2.99. The SMILES string of the molecule is COc1cccc(NC(=O)C2=NNC(=O)C2)c1. The maximum atomic E-state index is 11.7. The average molecular weight is 233 g/mol. The summed E-state index contributed by atoms with van der Waals surface area (Å²) >= 11 is 0. The van der Waals surface area contributed by atoms with Crippen LogP contribution in [0.1, 0.15) is 6.42 Å². The average Bonchev–Trinajstić information content (AvgIpc) is 2.76. The van der Waals surface area contributed by atoms with Gasteiger partial charge in [-0.1, -0.05) is 6.07 Å². The van der Waals surface area contributed by atoms with E-state index in [0.717, 1.165) is 0 Å². The molecule has 0 unspecified atom stereocenters. The van der Waals surface area contributed by atoms with Gasteiger partial charge >= 0.3 is 0 Å². The number of amides is 2. The van der Waals surface area contributed by atoms with Gasteiger partial charge in [0.15, 0.2) is 0 Å². The second-order valence-electron chi connectivity index (χ2n) is 3.46. The van der Waals surface area contributed by atoms with E-state index >= 15 is 0 Å². The van der Waals surface area contributed by atoms with Crippen LogP contribution >= 0.6 is 0 Å². The second-order valence-corrected chi connectivity index (χ2v) is 3.46. The zero-order valence-corrected chi connectivity index (χ0v) is 9.19. The molecule has 1 aliphatic rings. The summed E-state index contributed by atoms with van der Waals surface area (Å²) in [5.74, 6) is -0.0252. The molecular formula is C11H11N3O3. The topological polar surface area (TPSA) is 79.8 Å². The minimum atomic E-state index is -0.392. The number of hydrogen-bond donors (Lipinski definition) is 2. The molecule has 1 heterocycles. The third-order valence-electron chi connectivity index (χ3n) is 2.23. The first kappa shape index (κ1) is 11.1. The van der Waals surface area contributed by atoms with Crippen molar-refractivity contribution in [3.8, 4) is 5.75 Å². The predicted octanol–water partition coefficient (Wildman–Crippen LogP) is 0.510. The number of carbonyl (C=O) groups is 2. The van der Waals surface area contributed by atoms with Crippen molar-refractivity contribution in [3.63, 3.8) is 0 Å². The van der Waals surface area contributed by atoms with Crippen molar-refractivity contribution in [2.24, 2.45) is 5.10 Å². The molecule has 0 aliphatic carbocycles. The number of methoxy groups -OCH3 is 1. The largest absolute Gasteiger partial charge is 0.497 e. The highest BCUT2D eigenvalue weighted by molar-refractivity contribution is 6.46. The Kier molecular flexibility index (Phi) is 3.04. The molecule has 2 N–H and O–H groups in total. The molecule has 0 spiro atoms. The van der Waals surface area contributed by atoms with Crippen LogP contribution in [0.5, 0.6) is 5.75 Å². The minimum Gasteiger partial charge on any atom is -0.497 e. The summed E-state index contributed by atoms with van der Waals surface area (Å²) in [5, 5.41) is 6.27. The molecule has 1 aromatic rings. The molecular weight excluding hydrogens is 222 g/mol. The number of nitrogens with one attached hydrogen (secondary N) is 2. The van der Waals surface area contributed by atoms with Crippen molar-refractivity contribution in [2.75, 3.05) is 12.4 Å². The van der Waals surface area contributed by atoms with E-state index in [1.54, 1.807) is 31.4 Å². The van der Waals surface area contributed by atoms with E-state index in [1.165, 1.54) is 0 Å². The highest BCUT2D eigenvalue weighted by Crippen LogP contribution is 2.16. The monoisotopic (exact) mass is 233 g/mol. The standard InChI is InChI=1S/C11H11N3O3/c1-17-8-4-2-3-7(5-8)12-11(16)9-6-10(15)14-13-9/h2-5H,6H2,1H3,(H,12,16)(H,14,15). The van der Waals surface area contributed by atoms with Gasteiger partial charge in [0.05, 0.1) is 13.5 Å². The van der Waals surface area contributed by atoms with Crippen LogP contribution in [0.3, 0.4) is 0 Å². The van der Waals surface area contributed by atoms with E-state index < -0.39 is 5.91 Å². The molecule has 0 radical (unpaired) electrons. The van der Waals surface area contributed by atoms with Crippen LogP contribution in [0.25, 0.3) is 0 Å². The quantitative estimate of drug-likeness (QED) is 0.798. The molecule has 0 fully saturated rings. The summed E-state index contributed by atoms with van der Waals surface area (Å²) < 4.78 is 5.03. The lowest BCUT2D eigenvalue weighted by Gasteiger charge is -2.05. The lowest BCUT2D eigenvalue weighted by atomic mass is 10.2. The maximum Gasteiger partial charge on any atom is 0.272 e. The highest BCUT2D eigenvalue weighted by atomic mass is 16.5. The molecule has 0 saturated heterocycles. The van der Waals surface area contributed by atoms with Gasteiger partial charge in [0.1, 0.15) is 11.5 Å². The zero-order chi connectivity index (χ0) is 12.3. The molecule has 17 heavy (non-hydrogen) atoms. The van der Waals surface area contributed by atoms with Crippen molar-refractivity contribution >= 4 is 23.2 Å². The lowest BCUT2D eigenvalue weighted by Crippen LogP contribution is -2.22. The fraction of sp³-hybridized carbons (Fsp3) is 0.182. The summed E-state index contributed by atoms with van der Waals surface area (Å²) in [6.45, 7) is 0. The third kappa shape index (κ3) is 2.60. The van der Waals surface area contributed by atoms with Crippen molar-refractivity contribution in [1.82, 2.24) is 5.43 Å². The van der Waals surface area contributed by atoms with Crippen molar-refractivity contribution in [2.45, 2.75) is 6.42 Å². The van der Waals surface area contributed by atoms with Gasteiger partial charge < -0.3 is 10.1 Å². The van der Waals surface area contributed by atoms with Crippen LogP contribution in [0.4, 0.5) is 5.69 Å². The van der Waals surface area contributed by atoms with Crippen LogP contribution in [-0.2, 0) is 9.59 Å². The van der Waals surface area contributed by atoms with E-state index in [-0.39, 0.29) is 18.0 Å². The Morgan fingerprint density at radius 2 is 2.35 bits per heavy atom. The molecule has 0 saturated carbocycles. The number of rotatable bonds is 3. The molecule has 0 aromatic heterocycles. The molecule has 1 aliphatic heterocycles. The number of hydrazone groups is 1. The Morgan fingerprint density at radius 1 is 1.53 bits per heavy atom. The van der Waals surface area contributed by atoms with Gasteiger partial charge in [0.25, 0.3) is 5.91 Å². The molecule has 6 nitrogen and oxygen atoms in total. The molecule has 2 amide bonds. The molecule has 2 rings (SSSR count). The molecule has 0 bridgehead atoms. The van der Waals surface area contributed by atoms with E-state index in [0.29, 0.717) is 11.4 Å². The summed E-state index contributed by atoms with van der Waals surface area (Å²) in [7, 11) is 1.55. The van der Waals surface area contributed by atoms with Gasteiger partial charge in [0, 0.05) is 11.8 Å². The highest BCUT2D eigenvalue weighted by Gasteiger charge is 2.21. The zero-order valence-electron chi connectivity index (χ0n) is 9.19. The lowest BCUT2D eigenvalue weighted by molar-refractivity contribution is -0.119. The van der Waals surface area contributed by atoms with Crippen LogP contribution in [0.15, 0.2) is 29.4 Å². The minimum absolute atomic E-state index is 0.00972. The van der Waals surface area contributed by atoms with Gasteiger partial charge in [-0.2, -0.15) is 5.10 Å².